The van der Waals surface area contributed by atoms with Crippen molar-refractivity contribution in [3.63, 3.8) is 0 Å². The van der Waals surface area contributed by atoms with Crippen molar-refractivity contribution >= 4 is 34.6 Å². The molecule has 3 aromatic rings. The summed E-state index contributed by atoms with van der Waals surface area (Å²) >= 11 is 0. The van der Waals surface area contributed by atoms with Crippen molar-refractivity contribution in [2.24, 2.45) is 0 Å². The van der Waals surface area contributed by atoms with Gasteiger partial charge in [0.05, 0.1) is 0 Å². The summed E-state index contributed by atoms with van der Waals surface area (Å²) in [5.41, 5.74) is 4.36. The van der Waals surface area contributed by atoms with Gasteiger partial charge in [-0.25, -0.2) is 0 Å². The van der Waals surface area contributed by atoms with Gasteiger partial charge in [-0.2, -0.15) is 0 Å². The largest absolute Gasteiger partial charge is 0.355 e. The summed E-state index contributed by atoms with van der Waals surface area (Å²) < 4.78 is 0. The number of carbonyl (C=O) groups is 2. The first kappa shape index (κ1) is 18.1. The Bertz CT molecular complexity index is 968. The fourth-order valence-corrected chi connectivity index (χ4v) is 2.51. The summed E-state index contributed by atoms with van der Waals surface area (Å²) in [5.74, 6) is -0.502. The van der Waals surface area contributed by atoms with E-state index in [1.165, 1.54) is 12.5 Å². The number of nitrogens with zero attached hydrogens (tertiary/aromatic N) is 1. The van der Waals surface area contributed by atoms with Gasteiger partial charge in [-0.15, -0.1) is 0 Å². The van der Waals surface area contributed by atoms with E-state index in [-0.39, 0.29) is 17.5 Å². The molecule has 0 atom stereocenters. The molecule has 3 N–H and O–H groups in total. The van der Waals surface area contributed by atoms with Crippen LogP contribution in [0.3, 0.4) is 0 Å². The summed E-state index contributed by atoms with van der Waals surface area (Å²) in [6.07, 6.45) is 1.58. The minimum Gasteiger partial charge on any atom is -0.355 e. The predicted octanol–water partition coefficient (Wildman–Crippen LogP) is 4.34. The molecule has 2 aromatic carbocycles. The van der Waals surface area contributed by atoms with Gasteiger partial charge in [-0.1, -0.05) is 23.8 Å². The van der Waals surface area contributed by atoms with Gasteiger partial charge >= 0.3 is 0 Å². The summed E-state index contributed by atoms with van der Waals surface area (Å²) in [4.78, 5) is 27.8. The third-order valence-electron chi connectivity index (χ3n) is 3.77. The second-order valence-electron chi connectivity index (χ2n) is 6.14. The molecule has 0 saturated carbocycles. The number of amides is 2. The number of benzene rings is 2. The quantitative estimate of drug-likeness (QED) is 0.632. The van der Waals surface area contributed by atoms with Crippen LogP contribution in [-0.4, -0.2) is 16.8 Å². The van der Waals surface area contributed by atoms with Gasteiger partial charge in [0.25, 0.3) is 5.91 Å². The second kappa shape index (κ2) is 8.14. The summed E-state index contributed by atoms with van der Waals surface area (Å²) in [6.45, 7) is 3.46. The highest BCUT2D eigenvalue weighted by Gasteiger charge is 2.09. The SMILES string of the molecule is CC(=O)Nc1cccc(NC(=O)c2cc(Nc3ccc(C)cc3)ccn2)c1. The van der Waals surface area contributed by atoms with E-state index in [0.717, 1.165) is 11.4 Å². The molecule has 0 bridgehead atoms. The predicted molar refractivity (Wildman–Crippen MR) is 107 cm³/mol. The van der Waals surface area contributed by atoms with Crippen LogP contribution >= 0.6 is 0 Å². The van der Waals surface area contributed by atoms with Crippen LogP contribution in [0.2, 0.25) is 0 Å². The summed E-state index contributed by atoms with van der Waals surface area (Å²) in [6, 6.07) is 18.4. The van der Waals surface area contributed by atoms with E-state index >= 15 is 0 Å². The van der Waals surface area contributed by atoms with Gasteiger partial charge in [-0.3, -0.25) is 14.6 Å². The number of hydrogen-bond donors (Lipinski definition) is 3. The van der Waals surface area contributed by atoms with E-state index in [1.54, 1.807) is 42.6 Å². The zero-order valence-corrected chi connectivity index (χ0v) is 15.1. The third kappa shape index (κ3) is 5.15. The fraction of sp³-hybridized carbons (Fsp3) is 0.0952. The Morgan fingerprint density at radius 1 is 0.815 bits per heavy atom. The maximum absolute atomic E-state index is 12.5. The Morgan fingerprint density at radius 2 is 1.52 bits per heavy atom. The highest BCUT2D eigenvalue weighted by Crippen LogP contribution is 2.19. The van der Waals surface area contributed by atoms with Crippen molar-refractivity contribution < 1.29 is 9.59 Å². The smallest absolute Gasteiger partial charge is 0.274 e. The van der Waals surface area contributed by atoms with Crippen molar-refractivity contribution in [2.75, 3.05) is 16.0 Å². The number of aryl methyl sites for hydroxylation is 1. The molecule has 3 rings (SSSR count). The van der Waals surface area contributed by atoms with Crippen molar-refractivity contribution in [3.05, 3.63) is 78.1 Å². The molecule has 136 valence electrons. The fourth-order valence-electron chi connectivity index (χ4n) is 2.51. The molecule has 6 heteroatoms. The molecular formula is C21H20N4O2. The molecule has 0 saturated heterocycles. The molecule has 0 radical (unpaired) electrons. The van der Waals surface area contributed by atoms with Crippen LogP contribution in [0.15, 0.2) is 66.9 Å². The van der Waals surface area contributed by atoms with Crippen molar-refractivity contribution in [1.29, 1.82) is 0 Å². The molecule has 0 unspecified atom stereocenters. The first-order chi connectivity index (χ1) is 13.0. The molecule has 1 aromatic heterocycles. The van der Waals surface area contributed by atoms with E-state index in [0.29, 0.717) is 11.4 Å². The highest BCUT2D eigenvalue weighted by atomic mass is 16.2. The third-order valence-corrected chi connectivity index (χ3v) is 3.77. The molecule has 0 fully saturated rings. The second-order valence-corrected chi connectivity index (χ2v) is 6.14. The van der Waals surface area contributed by atoms with Gasteiger partial charge in [0.2, 0.25) is 5.91 Å². The molecule has 0 aliphatic heterocycles. The lowest BCUT2D eigenvalue weighted by Crippen LogP contribution is -2.14. The van der Waals surface area contributed by atoms with Gasteiger partial charge < -0.3 is 16.0 Å². The van der Waals surface area contributed by atoms with Crippen molar-refractivity contribution in [3.8, 4) is 0 Å². The molecular weight excluding hydrogens is 340 g/mol. The number of anilines is 4. The lowest BCUT2D eigenvalue weighted by atomic mass is 10.2. The topological polar surface area (TPSA) is 83.1 Å². The normalized spacial score (nSPS) is 10.1. The molecule has 0 aliphatic rings. The number of aromatic nitrogens is 1. The molecule has 27 heavy (non-hydrogen) atoms. The van der Waals surface area contributed by atoms with E-state index in [4.69, 9.17) is 0 Å². The van der Waals surface area contributed by atoms with Crippen LogP contribution in [0.1, 0.15) is 23.0 Å². The minimum atomic E-state index is -0.331. The maximum atomic E-state index is 12.5. The number of rotatable bonds is 5. The molecule has 2 amide bonds. The lowest BCUT2D eigenvalue weighted by Gasteiger charge is -2.10. The Hall–Kier alpha value is -3.67. The maximum Gasteiger partial charge on any atom is 0.274 e. The average Bonchev–Trinajstić information content (AvgIpc) is 2.64. The zero-order valence-electron chi connectivity index (χ0n) is 15.1. The highest BCUT2D eigenvalue weighted by molar-refractivity contribution is 6.03. The van der Waals surface area contributed by atoms with E-state index < -0.39 is 0 Å². The van der Waals surface area contributed by atoms with Crippen molar-refractivity contribution in [2.45, 2.75) is 13.8 Å². The average molecular weight is 360 g/mol. The van der Waals surface area contributed by atoms with Crippen LogP contribution in [0.5, 0.6) is 0 Å². The molecule has 0 spiro atoms. The van der Waals surface area contributed by atoms with Crippen LogP contribution in [0.25, 0.3) is 0 Å². The Morgan fingerprint density at radius 3 is 2.22 bits per heavy atom. The monoisotopic (exact) mass is 360 g/mol. The summed E-state index contributed by atoms with van der Waals surface area (Å²) in [7, 11) is 0. The Kier molecular flexibility index (Phi) is 5.47. The van der Waals surface area contributed by atoms with Crippen LogP contribution in [0.4, 0.5) is 22.7 Å². The van der Waals surface area contributed by atoms with Gasteiger partial charge in [0.1, 0.15) is 5.69 Å². The van der Waals surface area contributed by atoms with E-state index in [2.05, 4.69) is 20.9 Å². The lowest BCUT2D eigenvalue weighted by molar-refractivity contribution is -0.114. The van der Waals surface area contributed by atoms with Gasteiger partial charge in [0, 0.05) is 35.9 Å². The first-order valence-corrected chi connectivity index (χ1v) is 8.48. The standard InChI is InChI=1S/C21H20N4O2/c1-14-6-8-16(9-7-14)24-19-10-11-22-20(13-19)21(27)25-18-5-3-4-17(12-18)23-15(2)26/h3-13H,1-2H3,(H,22,24)(H,23,26)(H,25,27). The van der Waals surface area contributed by atoms with Gasteiger partial charge in [-0.05, 0) is 49.4 Å². The van der Waals surface area contributed by atoms with E-state index in [1.807, 2.05) is 31.2 Å². The van der Waals surface area contributed by atoms with Crippen LogP contribution in [-0.2, 0) is 4.79 Å². The zero-order chi connectivity index (χ0) is 19.2. The van der Waals surface area contributed by atoms with Crippen LogP contribution < -0.4 is 16.0 Å². The number of pyridine rings is 1. The van der Waals surface area contributed by atoms with Gasteiger partial charge in [0.15, 0.2) is 0 Å². The number of hydrogen-bond acceptors (Lipinski definition) is 4. The van der Waals surface area contributed by atoms with E-state index in [9.17, 15) is 9.59 Å². The first-order valence-electron chi connectivity index (χ1n) is 8.48. The van der Waals surface area contributed by atoms with Crippen LogP contribution in [0, 0.1) is 6.92 Å². The Balaban J connectivity index is 1.71. The molecule has 1 heterocycles. The number of nitrogens with one attached hydrogen (secondary N) is 3. The summed E-state index contributed by atoms with van der Waals surface area (Å²) in [5, 5.41) is 8.73. The molecule has 6 nitrogen and oxygen atoms in total. The number of carbonyl (C=O) groups excluding carboxylic acids is 2. The minimum absolute atomic E-state index is 0.171. The molecule has 0 aliphatic carbocycles. The Labute approximate surface area is 157 Å². The van der Waals surface area contributed by atoms with Crippen molar-refractivity contribution in [1.82, 2.24) is 4.98 Å².